The highest BCUT2D eigenvalue weighted by molar-refractivity contribution is 5.68. The van der Waals surface area contributed by atoms with Crippen LogP contribution in [-0.4, -0.2) is 54.9 Å². The second-order valence-corrected chi connectivity index (χ2v) is 7.10. The molecule has 1 heterocycles. The molecule has 1 aromatic carbocycles. The summed E-state index contributed by atoms with van der Waals surface area (Å²) in [6, 6.07) is 4.56. The number of rotatable bonds is 6. The molecule has 1 saturated heterocycles. The molecule has 1 aromatic rings. The van der Waals surface area contributed by atoms with E-state index < -0.39 is 60.2 Å². The molecule has 1 fully saturated rings. The van der Waals surface area contributed by atoms with E-state index in [1.165, 1.54) is 13.0 Å². The summed E-state index contributed by atoms with van der Waals surface area (Å²) >= 11 is 0. The number of esters is 4. The second kappa shape index (κ2) is 10.3. The Balaban J connectivity index is 2.59. The number of carbonyl (C=O) groups excluding carboxylic acids is 4. The maximum atomic E-state index is 14.9. The molecule has 5 unspecified atom stereocenters. The summed E-state index contributed by atoms with van der Waals surface area (Å²) in [7, 11) is 0. The normalized spacial score (nSPS) is 25.3. The third-order valence-electron chi connectivity index (χ3n) is 4.52. The minimum absolute atomic E-state index is 0.0394. The molecule has 0 aliphatic carbocycles. The van der Waals surface area contributed by atoms with Crippen molar-refractivity contribution in [2.45, 2.75) is 65.1 Å². The molecule has 9 nitrogen and oxygen atoms in total. The molecule has 0 aromatic heterocycles. The van der Waals surface area contributed by atoms with Gasteiger partial charge in [-0.25, -0.2) is 4.39 Å². The standard InChI is InChI=1S/C21H25FO9/c1-10-7-6-8-15(17(10)22)18-20(29-13(4)25)21(30-14(5)26)19(28-12(3)24)16(31-18)9-27-11(2)23/h6-8,16,18-21H,9H2,1-5H3. The Labute approximate surface area is 178 Å². The fraction of sp³-hybridized carbons (Fsp3) is 0.524. The molecule has 1 aliphatic heterocycles. The number of hydrogen-bond donors (Lipinski definition) is 0. The predicted octanol–water partition coefficient (Wildman–Crippen LogP) is 1.93. The summed E-state index contributed by atoms with van der Waals surface area (Å²) < 4.78 is 41.8. The minimum atomic E-state index is -1.34. The van der Waals surface area contributed by atoms with E-state index in [2.05, 4.69) is 0 Å². The molecule has 170 valence electrons. The average molecular weight is 440 g/mol. The smallest absolute Gasteiger partial charge is 0.303 e. The van der Waals surface area contributed by atoms with Crippen molar-refractivity contribution in [1.82, 2.24) is 0 Å². The van der Waals surface area contributed by atoms with Crippen LogP contribution in [0.4, 0.5) is 4.39 Å². The van der Waals surface area contributed by atoms with E-state index in [0.29, 0.717) is 5.56 Å². The zero-order valence-electron chi connectivity index (χ0n) is 17.9. The van der Waals surface area contributed by atoms with Gasteiger partial charge in [-0.1, -0.05) is 18.2 Å². The van der Waals surface area contributed by atoms with E-state index in [9.17, 15) is 23.6 Å². The maximum absolute atomic E-state index is 14.9. The summed E-state index contributed by atoms with van der Waals surface area (Å²) in [5, 5.41) is 0. The van der Waals surface area contributed by atoms with Crippen LogP contribution < -0.4 is 0 Å². The monoisotopic (exact) mass is 440 g/mol. The number of ether oxygens (including phenoxy) is 5. The van der Waals surface area contributed by atoms with E-state index in [1.807, 2.05) is 0 Å². The van der Waals surface area contributed by atoms with Crippen molar-refractivity contribution >= 4 is 23.9 Å². The molecule has 0 N–H and O–H groups in total. The van der Waals surface area contributed by atoms with Crippen molar-refractivity contribution in [3.05, 3.63) is 35.1 Å². The van der Waals surface area contributed by atoms with Crippen molar-refractivity contribution in [2.24, 2.45) is 0 Å². The minimum Gasteiger partial charge on any atom is -0.463 e. The Morgan fingerprint density at radius 2 is 1.42 bits per heavy atom. The topological polar surface area (TPSA) is 114 Å². The summed E-state index contributed by atoms with van der Waals surface area (Å²) in [4.78, 5) is 46.7. The maximum Gasteiger partial charge on any atom is 0.303 e. The molecular weight excluding hydrogens is 415 g/mol. The molecule has 10 heteroatoms. The molecule has 1 aliphatic rings. The van der Waals surface area contributed by atoms with Crippen LogP contribution in [0, 0.1) is 12.7 Å². The lowest BCUT2D eigenvalue weighted by Crippen LogP contribution is -2.59. The number of benzene rings is 1. The molecule has 0 bridgehead atoms. The van der Waals surface area contributed by atoms with Gasteiger partial charge in [0.05, 0.1) is 0 Å². The summed E-state index contributed by atoms with van der Waals surface area (Å²) in [6.07, 6.45) is -6.33. The van der Waals surface area contributed by atoms with E-state index >= 15 is 0 Å². The van der Waals surface area contributed by atoms with Crippen LogP contribution >= 0.6 is 0 Å². The quantitative estimate of drug-likeness (QED) is 0.483. The molecule has 0 spiro atoms. The van der Waals surface area contributed by atoms with Gasteiger partial charge in [-0.2, -0.15) is 0 Å². The van der Waals surface area contributed by atoms with E-state index in [0.717, 1.165) is 20.8 Å². The molecule has 5 atom stereocenters. The Morgan fingerprint density at radius 1 is 0.871 bits per heavy atom. The number of carbonyl (C=O) groups is 4. The van der Waals surface area contributed by atoms with Gasteiger partial charge < -0.3 is 23.7 Å². The van der Waals surface area contributed by atoms with Crippen molar-refractivity contribution < 1.29 is 47.3 Å². The van der Waals surface area contributed by atoms with Crippen molar-refractivity contribution in [3.63, 3.8) is 0 Å². The van der Waals surface area contributed by atoms with Crippen LogP contribution in [-0.2, 0) is 42.9 Å². The Bertz CT molecular complexity index is 853. The third kappa shape index (κ3) is 6.24. The van der Waals surface area contributed by atoms with Gasteiger partial charge in [0.15, 0.2) is 18.3 Å². The van der Waals surface area contributed by atoms with Crippen molar-refractivity contribution in [1.29, 1.82) is 0 Å². The van der Waals surface area contributed by atoms with Crippen molar-refractivity contribution in [2.75, 3.05) is 6.61 Å². The van der Waals surface area contributed by atoms with Crippen LogP contribution in [0.3, 0.4) is 0 Å². The Kier molecular flexibility index (Phi) is 8.09. The van der Waals surface area contributed by atoms with Gasteiger partial charge in [-0.15, -0.1) is 0 Å². The van der Waals surface area contributed by atoms with Gasteiger partial charge in [0.25, 0.3) is 0 Å². The van der Waals surface area contributed by atoms with Crippen LogP contribution in [0.15, 0.2) is 18.2 Å². The zero-order chi connectivity index (χ0) is 23.3. The molecular formula is C21H25FO9. The Morgan fingerprint density at radius 3 is 1.97 bits per heavy atom. The van der Waals surface area contributed by atoms with Crippen LogP contribution in [0.2, 0.25) is 0 Å². The Hall–Kier alpha value is -3.01. The first-order valence-electron chi connectivity index (χ1n) is 9.56. The van der Waals surface area contributed by atoms with E-state index in [4.69, 9.17) is 23.7 Å². The van der Waals surface area contributed by atoms with Crippen molar-refractivity contribution in [3.8, 4) is 0 Å². The summed E-state index contributed by atoms with van der Waals surface area (Å²) in [6.45, 7) is 5.72. The highest BCUT2D eigenvalue weighted by atomic mass is 19.1. The van der Waals surface area contributed by atoms with Gasteiger partial charge in [0.2, 0.25) is 0 Å². The highest BCUT2D eigenvalue weighted by Crippen LogP contribution is 2.39. The molecule has 2 rings (SSSR count). The van der Waals surface area contributed by atoms with Gasteiger partial charge in [0.1, 0.15) is 24.6 Å². The fourth-order valence-electron chi connectivity index (χ4n) is 3.37. The lowest BCUT2D eigenvalue weighted by atomic mass is 9.89. The first kappa shape index (κ1) is 24.3. The molecule has 0 radical (unpaired) electrons. The highest BCUT2D eigenvalue weighted by Gasteiger charge is 2.53. The van der Waals surface area contributed by atoms with E-state index in [1.54, 1.807) is 19.1 Å². The number of aryl methyl sites for hydroxylation is 1. The molecule has 0 amide bonds. The lowest BCUT2D eigenvalue weighted by Gasteiger charge is -2.44. The van der Waals surface area contributed by atoms with Crippen LogP contribution in [0.5, 0.6) is 0 Å². The number of hydrogen-bond acceptors (Lipinski definition) is 9. The lowest BCUT2D eigenvalue weighted by molar-refractivity contribution is -0.254. The third-order valence-corrected chi connectivity index (χ3v) is 4.52. The predicted molar refractivity (Wildman–Crippen MR) is 102 cm³/mol. The zero-order valence-corrected chi connectivity index (χ0v) is 17.9. The van der Waals surface area contributed by atoms with E-state index in [-0.39, 0.29) is 12.2 Å². The first-order valence-corrected chi connectivity index (χ1v) is 9.56. The van der Waals surface area contributed by atoms with Gasteiger partial charge >= 0.3 is 23.9 Å². The second-order valence-electron chi connectivity index (χ2n) is 7.10. The fourth-order valence-corrected chi connectivity index (χ4v) is 3.37. The van der Waals surface area contributed by atoms with Gasteiger partial charge in [-0.3, -0.25) is 19.2 Å². The van der Waals surface area contributed by atoms with Gasteiger partial charge in [0, 0.05) is 33.3 Å². The SMILES string of the molecule is CC(=O)OCC1OC(c2cccc(C)c2F)C(OC(C)=O)C(OC(C)=O)C1OC(C)=O. The van der Waals surface area contributed by atoms with Crippen LogP contribution in [0.25, 0.3) is 0 Å². The molecule has 0 saturated carbocycles. The molecule has 31 heavy (non-hydrogen) atoms. The summed E-state index contributed by atoms with van der Waals surface area (Å²) in [5.74, 6) is -3.47. The number of halogens is 1. The largest absolute Gasteiger partial charge is 0.463 e. The van der Waals surface area contributed by atoms with Gasteiger partial charge in [-0.05, 0) is 12.5 Å². The first-order chi connectivity index (χ1) is 14.5. The van der Waals surface area contributed by atoms with Crippen LogP contribution in [0.1, 0.15) is 44.9 Å². The summed E-state index contributed by atoms with van der Waals surface area (Å²) in [5.41, 5.74) is 0.350. The average Bonchev–Trinajstić information content (AvgIpc) is 2.65.